The first-order valence-electron chi connectivity index (χ1n) is 5.47. The van der Waals surface area contributed by atoms with Crippen molar-refractivity contribution < 1.29 is 19.6 Å². The molecule has 1 aromatic rings. The highest BCUT2D eigenvalue weighted by molar-refractivity contribution is 9.10. The summed E-state index contributed by atoms with van der Waals surface area (Å²) in [6, 6.07) is 2.92. The Morgan fingerprint density at radius 2 is 2.20 bits per heavy atom. The standard InChI is InChI=1S/C11H9BrN2O5S/c12-8-2-1-6(14(18)19)3-7(8)10(15)13-5-20-4-9(13)11(16)17/h1-3,9H,4-5H2,(H,16,17)/t9-/m0/s1. The van der Waals surface area contributed by atoms with E-state index < -0.39 is 22.8 Å². The summed E-state index contributed by atoms with van der Waals surface area (Å²) in [5.41, 5.74) is -0.122. The molecule has 1 aliphatic heterocycles. The molecular formula is C11H9BrN2O5S. The molecule has 106 valence electrons. The molecule has 1 saturated heterocycles. The molecule has 1 aliphatic rings. The Balaban J connectivity index is 2.35. The summed E-state index contributed by atoms with van der Waals surface area (Å²) >= 11 is 4.49. The van der Waals surface area contributed by atoms with Crippen LogP contribution in [-0.2, 0) is 4.79 Å². The van der Waals surface area contributed by atoms with E-state index in [4.69, 9.17) is 5.11 Å². The minimum atomic E-state index is -1.08. The van der Waals surface area contributed by atoms with E-state index in [9.17, 15) is 19.7 Å². The SMILES string of the molecule is O=C(O)[C@@H]1CSCN1C(=O)c1cc([N+](=O)[O-])ccc1Br. The van der Waals surface area contributed by atoms with Crippen molar-refractivity contribution in [2.75, 3.05) is 11.6 Å². The van der Waals surface area contributed by atoms with Crippen LogP contribution in [0, 0.1) is 10.1 Å². The van der Waals surface area contributed by atoms with Crippen LogP contribution in [-0.4, -0.2) is 44.5 Å². The molecule has 1 amide bonds. The number of nitro groups is 1. The first-order valence-corrected chi connectivity index (χ1v) is 7.42. The van der Waals surface area contributed by atoms with Gasteiger partial charge in [0.1, 0.15) is 6.04 Å². The molecule has 0 aromatic heterocycles. The maximum atomic E-state index is 12.4. The average Bonchev–Trinajstić information content (AvgIpc) is 2.87. The van der Waals surface area contributed by atoms with Gasteiger partial charge in [-0.15, -0.1) is 11.8 Å². The molecule has 1 fully saturated rings. The van der Waals surface area contributed by atoms with Gasteiger partial charge in [0.25, 0.3) is 11.6 Å². The predicted octanol–water partition coefficient (Wildman–Crippen LogP) is 1.96. The molecule has 20 heavy (non-hydrogen) atoms. The van der Waals surface area contributed by atoms with Crippen molar-refractivity contribution in [2.24, 2.45) is 0 Å². The minimum Gasteiger partial charge on any atom is -0.480 e. The zero-order chi connectivity index (χ0) is 14.9. The van der Waals surface area contributed by atoms with E-state index in [1.807, 2.05) is 0 Å². The molecule has 1 atom stereocenters. The number of carbonyl (C=O) groups excluding carboxylic acids is 1. The number of aliphatic carboxylic acids is 1. The van der Waals surface area contributed by atoms with Crippen molar-refractivity contribution in [1.29, 1.82) is 0 Å². The van der Waals surface area contributed by atoms with Gasteiger partial charge in [-0.25, -0.2) is 4.79 Å². The number of carbonyl (C=O) groups is 2. The molecule has 0 unspecified atom stereocenters. The number of hydrogen-bond donors (Lipinski definition) is 1. The maximum absolute atomic E-state index is 12.4. The van der Waals surface area contributed by atoms with E-state index in [0.29, 0.717) is 10.2 Å². The average molecular weight is 361 g/mol. The summed E-state index contributed by atoms with van der Waals surface area (Å²) in [6.45, 7) is 0. The van der Waals surface area contributed by atoms with Crippen molar-refractivity contribution in [3.63, 3.8) is 0 Å². The number of amides is 1. The molecule has 0 aliphatic carbocycles. The summed E-state index contributed by atoms with van der Waals surface area (Å²) in [5.74, 6) is -1.04. The molecule has 9 heteroatoms. The van der Waals surface area contributed by atoms with E-state index in [-0.39, 0.29) is 17.1 Å². The van der Waals surface area contributed by atoms with Gasteiger partial charge in [-0.3, -0.25) is 14.9 Å². The van der Waals surface area contributed by atoms with Crippen LogP contribution in [0.25, 0.3) is 0 Å². The summed E-state index contributed by atoms with van der Waals surface area (Å²) in [4.78, 5) is 34.8. The summed E-state index contributed by atoms with van der Waals surface area (Å²) in [6.07, 6.45) is 0. The highest BCUT2D eigenvalue weighted by Crippen LogP contribution is 2.28. The van der Waals surface area contributed by atoms with Crippen LogP contribution in [0.15, 0.2) is 22.7 Å². The largest absolute Gasteiger partial charge is 0.480 e. The van der Waals surface area contributed by atoms with Gasteiger partial charge in [-0.2, -0.15) is 0 Å². The van der Waals surface area contributed by atoms with Crippen LogP contribution in [0.3, 0.4) is 0 Å². The van der Waals surface area contributed by atoms with E-state index in [0.717, 1.165) is 6.07 Å². The second-order valence-electron chi connectivity index (χ2n) is 4.05. The van der Waals surface area contributed by atoms with Crippen LogP contribution in [0.2, 0.25) is 0 Å². The smallest absolute Gasteiger partial charge is 0.327 e. The number of rotatable bonds is 3. The van der Waals surface area contributed by atoms with Crippen molar-refractivity contribution >= 4 is 45.3 Å². The maximum Gasteiger partial charge on any atom is 0.327 e. The Kier molecular flexibility index (Phi) is 4.29. The number of carboxylic acids is 1. The number of nitro benzene ring substituents is 1. The van der Waals surface area contributed by atoms with Gasteiger partial charge in [0.2, 0.25) is 0 Å². The molecule has 7 nitrogen and oxygen atoms in total. The van der Waals surface area contributed by atoms with E-state index in [1.54, 1.807) is 0 Å². The molecule has 0 saturated carbocycles. The quantitative estimate of drug-likeness (QED) is 0.652. The van der Waals surface area contributed by atoms with Crippen LogP contribution in [0.1, 0.15) is 10.4 Å². The monoisotopic (exact) mass is 360 g/mol. The van der Waals surface area contributed by atoms with E-state index in [2.05, 4.69) is 15.9 Å². The molecule has 0 spiro atoms. The normalized spacial score (nSPS) is 18.1. The lowest BCUT2D eigenvalue weighted by atomic mass is 10.1. The fraction of sp³-hybridized carbons (Fsp3) is 0.273. The summed E-state index contributed by atoms with van der Waals surface area (Å²) in [7, 11) is 0. The molecule has 2 rings (SSSR count). The van der Waals surface area contributed by atoms with Crippen molar-refractivity contribution in [2.45, 2.75) is 6.04 Å². The second kappa shape index (κ2) is 5.80. The Bertz CT molecular complexity index is 594. The van der Waals surface area contributed by atoms with Gasteiger partial charge >= 0.3 is 5.97 Å². The molecule has 0 bridgehead atoms. The number of carboxylic acid groups (broad SMARTS) is 1. The van der Waals surface area contributed by atoms with Gasteiger partial charge in [-0.1, -0.05) is 0 Å². The zero-order valence-electron chi connectivity index (χ0n) is 9.98. The van der Waals surface area contributed by atoms with Crippen molar-refractivity contribution in [1.82, 2.24) is 4.90 Å². The van der Waals surface area contributed by atoms with Crippen LogP contribution in [0.5, 0.6) is 0 Å². The predicted molar refractivity (Wildman–Crippen MR) is 75.7 cm³/mol. The van der Waals surface area contributed by atoms with Crippen molar-refractivity contribution in [3.8, 4) is 0 Å². The Hall–Kier alpha value is -1.61. The fourth-order valence-electron chi connectivity index (χ4n) is 1.79. The molecule has 1 aromatic carbocycles. The van der Waals surface area contributed by atoms with E-state index in [1.165, 1.54) is 28.8 Å². The summed E-state index contributed by atoms with van der Waals surface area (Å²) in [5, 5.41) is 19.8. The Labute approximate surface area is 126 Å². The lowest BCUT2D eigenvalue weighted by molar-refractivity contribution is -0.384. The third-order valence-electron chi connectivity index (χ3n) is 2.82. The van der Waals surface area contributed by atoms with Crippen LogP contribution in [0.4, 0.5) is 5.69 Å². The highest BCUT2D eigenvalue weighted by Gasteiger charge is 2.36. The van der Waals surface area contributed by atoms with Crippen LogP contribution < -0.4 is 0 Å². The topological polar surface area (TPSA) is 101 Å². The number of non-ortho nitro benzene ring substituents is 1. The lowest BCUT2D eigenvalue weighted by Crippen LogP contribution is -2.41. The second-order valence-corrected chi connectivity index (χ2v) is 5.90. The van der Waals surface area contributed by atoms with Gasteiger partial charge in [0.15, 0.2) is 0 Å². The molecule has 1 N–H and O–H groups in total. The zero-order valence-corrected chi connectivity index (χ0v) is 12.4. The number of thioether (sulfide) groups is 1. The van der Waals surface area contributed by atoms with Crippen LogP contribution >= 0.6 is 27.7 Å². The van der Waals surface area contributed by atoms with Gasteiger partial charge in [0, 0.05) is 22.4 Å². The molecule has 0 radical (unpaired) electrons. The van der Waals surface area contributed by atoms with E-state index >= 15 is 0 Å². The summed E-state index contributed by atoms with van der Waals surface area (Å²) < 4.78 is 0.397. The Morgan fingerprint density at radius 1 is 1.50 bits per heavy atom. The van der Waals surface area contributed by atoms with Gasteiger partial charge in [-0.05, 0) is 22.0 Å². The van der Waals surface area contributed by atoms with Gasteiger partial charge < -0.3 is 10.0 Å². The third-order valence-corrected chi connectivity index (χ3v) is 4.52. The fourth-order valence-corrected chi connectivity index (χ4v) is 3.35. The number of benzene rings is 1. The van der Waals surface area contributed by atoms with Crippen molar-refractivity contribution in [3.05, 3.63) is 38.3 Å². The lowest BCUT2D eigenvalue weighted by Gasteiger charge is -2.20. The molecular weight excluding hydrogens is 352 g/mol. The minimum absolute atomic E-state index is 0.0907. The highest BCUT2D eigenvalue weighted by atomic mass is 79.9. The molecule has 1 heterocycles. The first kappa shape index (κ1) is 14.8. The first-order chi connectivity index (χ1) is 9.41. The van der Waals surface area contributed by atoms with Gasteiger partial charge in [0.05, 0.1) is 16.4 Å². The Morgan fingerprint density at radius 3 is 2.80 bits per heavy atom. The third kappa shape index (κ3) is 2.78. The number of nitrogens with zero attached hydrogens (tertiary/aromatic N) is 2. The number of halogens is 1. The number of hydrogen-bond acceptors (Lipinski definition) is 5.